The van der Waals surface area contributed by atoms with Crippen molar-refractivity contribution in [3.05, 3.63) is 48.6 Å². The second kappa shape index (κ2) is 46.5. The van der Waals surface area contributed by atoms with Crippen LogP contribution in [0.4, 0.5) is 0 Å². The molecule has 0 aromatic heterocycles. The minimum absolute atomic E-state index is 0.187. The molecule has 0 spiro atoms. The molecule has 0 aromatic carbocycles. The lowest BCUT2D eigenvalue weighted by Gasteiger charge is -2.15. The third-order valence-corrected chi connectivity index (χ3v) is 10.2. The molecule has 4 heteroatoms. The minimum atomic E-state index is -0.555. The van der Waals surface area contributed by atoms with E-state index in [1.165, 1.54) is 161 Å². The molecule has 310 valence electrons. The van der Waals surface area contributed by atoms with Crippen molar-refractivity contribution in [1.82, 2.24) is 0 Å². The normalized spacial score (nSPS) is 12.7. The van der Waals surface area contributed by atoms with E-state index in [4.69, 9.17) is 9.47 Å². The number of carbonyl (C=O) groups is 1. The molecule has 0 rings (SSSR count). The molecule has 0 aliphatic carbocycles. The molecule has 0 saturated heterocycles. The number of aliphatic hydroxyl groups excluding tert-OH is 1. The molecule has 0 radical (unpaired) electrons. The van der Waals surface area contributed by atoms with Gasteiger partial charge in [0, 0.05) is 13.0 Å². The summed E-state index contributed by atoms with van der Waals surface area (Å²) in [6.07, 6.45) is 60.6. The number of hydrogen-bond donors (Lipinski definition) is 1. The van der Waals surface area contributed by atoms with Gasteiger partial charge in [-0.3, -0.25) is 4.79 Å². The first kappa shape index (κ1) is 51.4. The molecule has 0 aliphatic rings. The molecule has 0 aromatic rings. The van der Waals surface area contributed by atoms with Crippen LogP contribution >= 0.6 is 0 Å². The minimum Gasteiger partial charge on any atom is -0.457 e. The number of unbranched alkanes of at least 4 members (excludes halogenated alkanes) is 27. The molecule has 1 N–H and O–H groups in total. The summed E-state index contributed by atoms with van der Waals surface area (Å²) in [6, 6.07) is 0. The monoisotopic (exact) mass is 743 g/mol. The van der Waals surface area contributed by atoms with Gasteiger partial charge in [-0.15, -0.1) is 0 Å². The number of allylic oxidation sites excluding steroid dienone is 8. The van der Waals surface area contributed by atoms with Gasteiger partial charge in [0.25, 0.3) is 0 Å². The van der Waals surface area contributed by atoms with Crippen LogP contribution in [0, 0.1) is 0 Å². The summed E-state index contributed by atoms with van der Waals surface area (Å²) in [4.78, 5) is 12.2. The summed E-state index contributed by atoms with van der Waals surface area (Å²) < 4.78 is 11.1. The molecule has 0 fully saturated rings. The molecule has 4 nitrogen and oxygen atoms in total. The quantitative estimate of drug-likeness (QED) is 0.0384. The van der Waals surface area contributed by atoms with Crippen LogP contribution in [-0.2, 0) is 14.3 Å². The molecule has 0 aliphatic heterocycles. The Kier molecular flexibility index (Phi) is 45.1. The second-order valence-corrected chi connectivity index (χ2v) is 15.5. The topological polar surface area (TPSA) is 55.8 Å². The Labute approximate surface area is 331 Å². The van der Waals surface area contributed by atoms with E-state index in [9.17, 15) is 9.90 Å². The zero-order chi connectivity index (χ0) is 38.4. The second-order valence-electron chi connectivity index (χ2n) is 15.5. The fourth-order valence-electron chi connectivity index (χ4n) is 6.73. The van der Waals surface area contributed by atoms with Crippen LogP contribution in [0.1, 0.15) is 232 Å². The lowest BCUT2D eigenvalue weighted by molar-refractivity contribution is -0.154. The van der Waals surface area contributed by atoms with Gasteiger partial charge in [0.05, 0.1) is 13.2 Å². The number of aliphatic hydroxyl groups is 1. The molecule has 1 unspecified atom stereocenters. The Morgan fingerprint density at radius 2 is 0.849 bits per heavy atom. The molecule has 0 saturated carbocycles. The third-order valence-electron chi connectivity index (χ3n) is 10.2. The summed E-state index contributed by atoms with van der Waals surface area (Å²) >= 11 is 0. The Hall–Kier alpha value is -1.65. The highest BCUT2D eigenvalue weighted by Crippen LogP contribution is 2.16. The number of carbonyl (C=O) groups excluding carboxylic acids is 1. The molecule has 1 atom stereocenters. The van der Waals surface area contributed by atoms with Crippen LogP contribution in [0.5, 0.6) is 0 Å². The summed E-state index contributed by atoms with van der Waals surface area (Å²) in [5.74, 6) is -0.238. The summed E-state index contributed by atoms with van der Waals surface area (Å²) in [5.41, 5.74) is 0. The van der Waals surface area contributed by atoms with Crippen molar-refractivity contribution in [3.63, 3.8) is 0 Å². The van der Waals surface area contributed by atoms with Crippen molar-refractivity contribution >= 4 is 5.97 Å². The van der Waals surface area contributed by atoms with Gasteiger partial charge in [0.2, 0.25) is 0 Å². The highest BCUT2D eigenvalue weighted by molar-refractivity contribution is 5.69. The predicted octanol–water partition coefficient (Wildman–Crippen LogP) is 15.4. The van der Waals surface area contributed by atoms with Gasteiger partial charge < -0.3 is 14.6 Å². The SMILES string of the molecule is CC/C=C\C/C=C\C/C=C\C/C=C\CCCCC(=O)OC(CO)COCCCCCCCCCCCCCCCCCCCCCCCCCCCC. The lowest BCUT2D eigenvalue weighted by Crippen LogP contribution is -2.27. The van der Waals surface area contributed by atoms with E-state index < -0.39 is 6.10 Å². The molecule has 0 bridgehead atoms. The van der Waals surface area contributed by atoms with E-state index in [2.05, 4.69) is 62.5 Å². The number of ether oxygens (including phenoxy) is 2. The van der Waals surface area contributed by atoms with Crippen molar-refractivity contribution in [2.75, 3.05) is 19.8 Å². The smallest absolute Gasteiger partial charge is 0.306 e. The van der Waals surface area contributed by atoms with Gasteiger partial charge in [0.1, 0.15) is 6.10 Å². The van der Waals surface area contributed by atoms with Crippen molar-refractivity contribution < 1.29 is 19.4 Å². The summed E-state index contributed by atoms with van der Waals surface area (Å²) in [6.45, 7) is 5.21. The molecular weight excluding hydrogens is 653 g/mol. The zero-order valence-electron chi connectivity index (χ0n) is 35.5. The fraction of sp³-hybridized carbons (Fsp3) is 0.816. The van der Waals surface area contributed by atoms with Crippen LogP contribution in [0.3, 0.4) is 0 Å². The third kappa shape index (κ3) is 44.6. The Bertz CT molecular complexity index is 828. The Morgan fingerprint density at radius 1 is 0.472 bits per heavy atom. The maximum absolute atomic E-state index is 12.2. The van der Waals surface area contributed by atoms with Gasteiger partial charge in [-0.1, -0.05) is 223 Å². The van der Waals surface area contributed by atoms with Crippen molar-refractivity contribution in [3.8, 4) is 0 Å². The standard InChI is InChI=1S/C49H90O4/c1-3-5-7-9-11-13-15-17-19-20-21-22-23-24-25-26-27-28-29-31-33-35-37-39-41-43-45-52-47-48(46-50)53-49(51)44-42-40-38-36-34-32-30-18-16-14-12-10-8-6-4-2/h6,8,12,14,18,30,34,36,48,50H,3-5,7,9-11,13,15-17,19-29,31-33,35,37-47H2,1-2H3/b8-6-,14-12-,30-18-,36-34-. The lowest BCUT2D eigenvalue weighted by atomic mass is 10.0. The Balaban J connectivity index is 3.39. The van der Waals surface area contributed by atoms with E-state index >= 15 is 0 Å². The molecule has 53 heavy (non-hydrogen) atoms. The van der Waals surface area contributed by atoms with Gasteiger partial charge in [-0.25, -0.2) is 0 Å². The first-order valence-corrected chi connectivity index (χ1v) is 23.2. The van der Waals surface area contributed by atoms with E-state index in [0.717, 1.165) is 51.4 Å². The van der Waals surface area contributed by atoms with Crippen molar-refractivity contribution in [2.24, 2.45) is 0 Å². The van der Waals surface area contributed by atoms with Crippen LogP contribution in [0.25, 0.3) is 0 Å². The van der Waals surface area contributed by atoms with Gasteiger partial charge in [-0.2, -0.15) is 0 Å². The van der Waals surface area contributed by atoms with Crippen LogP contribution < -0.4 is 0 Å². The Morgan fingerprint density at radius 3 is 1.25 bits per heavy atom. The maximum Gasteiger partial charge on any atom is 0.306 e. The number of rotatable bonds is 43. The number of esters is 1. The maximum atomic E-state index is 12.2. The molecule has 0 amide bonds. The predicted molar refractivity (Wildman–Crippen MR) is 233 cm³/mol. The van der Waals surface area contributed by atoms with E-state index in [0.29, 0.717) is 13.0 Å². The molecular formula is C49H90O4. The van der Waals surface area contributed by atoms with Crippen LogP contribution in [-0.4, -0.2) is 37.0 Å². The van der Waals surface area contributed by atoms with Crippen LogP contribution in [0.2, 0.25) is 0 Å². The van der Waals surface area contributed by atoms with E-state index in [1.807, 2.05) is 0 Å². The average Bonchev–Trinajstić information content (AvgIpc) is 3.16. The highest BCUT2D eigenvalue weighted by Gasteiger charge is 2.13. The zero-order valence-corrected chi connectivity index (χ0v) is 35.5. The van der Waals surface area contributed by atoms with Crippen molar-refractivity contribution in [2.45, 2.75) is 238 Å². The van der Waals surface area contributed by atoms with Gasteiger partial charge in [-0.05, 0) is 51.4 Å². The first-order valence-electron chi connectivity index (χ1n) is 23.2. The first-order chi connectivity index (χ1) is 26.2. The fourth-order valence-corrected chi connectivity index (χ4v) is 6.73. The number of hydrogen-bond acceptors (Lipinski definition) is 4. The summed E-state index contributed by atoms with van der Waals surface area (Å²) in [5, 5.41) is 9.60. The largest absolute Gasteiger partial charge is 0.457 e. The van der Waals surface area contributed by atoms with Gasteiger partial charge >= 0.3 is 5.97 Å². The molecule has 0 heterocycles. The van der Waals surface area contributed by atoms with E-state index in [-0.39, 0.29) is 19.2 Å². The van der Waals surface area contributed by atoms with Gasteiger partial charge in [0.15, 0.2) is 0 Å². The summed E-state index contributed by atoms with van der Waals surface area (Å²) in [7, 11) is 0. The van der Waals surface area contributed by atoms with Crippen LogP contribution in [0.15, 0.2) is 48.6 Å². The average molecular weight is 743 g/mol. The van der Waals surface area contributed by atoms with Crippen molar-refractivity contribution in [1.29, 1.82) is 0 Å². The highest BCUT2D eigenvalue weighted by atomic mass is 16.6. The van der Waals surface area contributed by atoms with E-state index in [1.54, 1.807) is 0 Å².